The highest BCUT2D eigenvalue weighted by Crippen LogP contribution is 2.52. The highest BCUT2D eigenvalue weighted by Gasteiger charge is 2.52. The van der Waals surface area contributed by atoms with Crippen LogP contribution in [0.5, 0.6) is 0 Å². The van der Waals surface area contributed by atoms with E-state index in [1.165, 1.54) is 11.1 Å². The molecule has 1 saturated heterocycles. The van der Waals surface area contributed by atoms with Crippen molar-refractivity contribution in [3.05, 3.63) is 70.2 Å². The lowest BCUT2D eigenvalue weighted by Crippen LogP contribution is -2.31. The molecule has 1 fully saturated rings. The molecule has 3 heteroatoms. The van der Waals surface area contributed by atoms with Crippen LogP contribution in [0.1, 0.15) is 36.0 Å². The summed E-state index contributed by atoms with van der Waals surface area (Å²) in [7, 11) is 0. The molecular formula is C20H20ClNO. The molecule has 2 atom stereocenters. The molecule has 0 aromatic heterocycles. The maximum atomic E-state index is 13.1. The largest absolute Gasteiger partial charge is 0.337 e. The van der Waals surface area contributed by atoms with Gasteiger partial charge in [-0.05, 0) is 35.6 Å². The van der Waals surface area contributed by atoms with E-state index in [1.54, 1.807) is 0 Å². The van der Waals surface area contributed by atoms with Gasteiger partial charge in [-0.3, -0.25) is 4.79 Å². The first-order valence-corrected chi connectivity index (χ1v) is 8.56. The van der Waals surface area contributed by atoms with Crippen LogP contribution in [0.3, 0.4) is 0 Å². The Balaban J connectivity index is 1.69. The van der Waals surface area contributed by atoms with Crippen molar-refractivity contribution in [2.24, 2.45) is 5.41 Å². The van der Waals surface area contributed by atoms with Crippen molar-refractivity contribution in [2.45, 2.75) is 32.2 Å². The zero-order valence-corrected chi connectivity index (χ0v) is 14.0. The quantitative estimate of drug-likeness (QED) is 0.800. The van der Waals surface area contributed by atoms with Gasteiger partial charge in [0.05, 0.1) is 5.92 Å². The minimum absolute atomic E-state index is 0.0174. The zero-order chi connectivity index (χ0) is 16.0. The van der Waals surface area contributed by atoms with E-state index >= 15 is 0 Å². The number of nitrogens with zero attached hydrogens (tertiary/aromatic N) is 1. The molecular weight excluding hydrogens is 306 g/mol. The van der Waals surface area contributed by atoms with Crippen molar-refractivity contribution in [1.29, 1.82) is 0 Å². The molecule has 1 amide bonds. The number of fused-ring (bicyclic) bond motifs is 3. The van der Waals surface area contributed by atoms with Gasteiger partial charge in [-0.2, -0.15) is 0 Å². The fourth-order valence-corrected chi connectivity index (χ4v) is 4.55. The molecule has 2 aromatic rings. The van der Waals surface area contributed by atoms with Gasteiger partial charge in [0.2, 0.25) is 5.91 Å². The number of likely N-dealkylation sites (tertiary alicyclic amines) is 1. The smallest absolute Gasteiger partial charge is 0.231 e. The second-order valence-corrected chi connectivity index (χ2v) is 7.48. The Bertz CT molecular complexity index is 757. The third-order valence-electron chi connectivity index (χ3n) is 5.44. The molecule has 0 saturated carbocycles. The summed E-state index contributed by atoms with van der Waals surface area (Å²) in [4.78, 5) is 15.1. The molecule has 0 bridgehead atoms. The van der Waals surface area contributed by atoms with Gasteiger partial charge in [0, 0.05) is 23.5 Å². The van der Waals surface area contributed by atoms with E-state index in [0.29, 0.717) is 6.54 Å². The molecule has 0 N–H and O–H groups in total. The Hall–Kier alpha value is -1.80. The molecule has 2 nitrogen and oxygen atoms in total. The number of halogens is 1. The van der Waals surface area contributed by atoms with Crippen molar-refractivity contribution in [3.63, 3.8) is 0 Å². The van der Waals surface area contributed by atoms with Gasteiger partial charge in [-0.25, -0.2) is 0 Å². The first kappa shape index (κ1) is 14.8. The number of hydrogen-bond acceptors (Lipinski definition) is 1. The van der Waals surface area contributed by atoms with Crippen LogP contribution in [-0.4, -0.2) is 17.4 Å². The van der Waals surface area contributed by atoms with Crippen molar-refractivity contribution in [3.8, 4) is 0 Å². The van der Waals surface area contributed by atoms with E-state index in [-0.39, 0.29) is 17.2 Å². The number of rotatable bonds is 2. The van der Waals surface area contributed by atoms with Crippen LogP contribution in [0.15, 0.2) is 48.5 Å². The maximum absolute atomic E-state index is 13.1. The van der Waals surface area contributed by atoms with Crippen LogP contribution in [0.25, 0.3) is 0 Å². The lowest BCUT2D eigenvalue weighted by molar-refractivity contribution is -0.129. The molecule has 0 spiro atoms. The van der Waals surface area contributed by atoms with Gasteiger partial charge in [-0.1, -0.05) is 61.0 Å². The Kier molecular flexibility index (Phi) is 3.46. The summed E-state index contributed by atoms with van der Waals surface area (Å²) in [5.41, 5.74) is 3.52. The predicted molar refractivity (Wildman–Crippen MR) is 92.5 cm³/mol. The molecule has 2 aliphatic rings. The Morgan fingerprint density at radius 1 is 1.17 bits per heavy atom. The predicted octanol–water partition coefficient (Wildman–Crippen LogP) is 4.42. The summed E-state index contributed by atoms with van der Waals surface area (Å²) in [6, 6.07) is 16.2. The van der Waals surface area contributed by atoms with Crippen molar-refractivity contribution in [2.75, 3.05) is 6.54 Å². The Morgan fingerprint density at radius 2 is 1.96 bits per heavy atom. The zero-order valence-electron chi connectivity index (χ0n) is 13.3. The number of hydrogen-bond donors (Lipinski definition) is 0. The average Bonchev–Trinajstić information content (AvgIpc) is 2.80. The van der Waals surface area contributed by atoms with E-state index in [1.807, 2.05) is 35.2 Å². The Labute approximate surface area is 142 Å². The number of carbonyl (C=O) groups is 1. The maximum Gasteiger partial charge on any atom is 0.231 e. The summed E-state index contributed by atoms with van der Waals surface area (Å²) >= 11 is 6.37. The SMILES string of the molecule is CC12CCc3c(Cl)cccc3C1C(=O)N(Cc1ccccc1)C2. The molecule has 4 rings (SSSR count). The van der Waals surface area contributed by atoms with E-state index in [9.17, 15) is 4.79 Å². The van der Waals surface area contributed by atoms with Crippen LogP contribution in [0, 0.1) is 5.41 Å². The van der Waals surface area contributed by atoms with Gasteiger partial charge >= 0.3 is 0 Å². The van der Waals surface area contributed by atoms with Crippen LogP contribution in [-0.2, 0) is 17.8 Å². The summed E-state index contributed by atoms with van der Waals surface area (Å²) in [6.07, 6.45) is 1.99. The summed E-state index contributed by atoms with van der Waals surface area (Å²) < 4.78 is 0. The third-order valence-corrected chi connectivity index (χ3v) is 5.79. The fourth-order valence-electron chi connectivity index (χ4n) is 4.28. The number of amides is 1. The lowest BCUT2D eigenvalue weighted by atomic mass is 9.67. The van der Waals surface area contributed by atoms with E-state index < -0.39 is 0 Å². The van der Waals surface area contributed by atoms with Crippen molar-refractivity contribution < 1.29 is 4.79 Å². The molecule has 1 aliphatic carbocycles. The highest BCUT2D eigenvalue weighted by molar-refractivity contribution is 6.31. The fraction of sp³-hybridized carbons (Fsp3) is 0.350. The highest BCUT2D eigenvalue weighted by atomic mass is 35.5. The molecule has 1 aliphatic heterocycles. The first-order valence-electron chi connectivity index (χ1n) is 8.18. The molecule has 0 radical (unpaired) electrons. The minimum Gasteiger partial charge on any atom is -0.337 e. The average molecular weight is 326 g/mol. The molecule has 2 unspecified atom stereocenters. The van der Waals surface area contributed by atoms with Gasteiger partial charge in [-0.15, -0.1) is 0 Å². The van der Waals surface area contributed by atoms with Gasteiger partial charge in [0.15, 0.2) is 0 Å². The first-order chi connectivity index (χ1) is 11.1. The topological polar surface area (TPSA) is 20.3 Å². The standard InChI is InChI=1S/C20H20ClNO/c1-20-11-10-15-16(8-5-9-17(15)21)18(20)19(23)22(13-20)12-14-6-3-2-4-7-14/h2-9,18H,10-13H2,1H3. The number of benzene rings is 2. The summed E-state index contributed by atoms with van der Waals surface area (Å²) in [6.45, 7) is 3.78. The second-order valence-electron chi connectivity index (χ2n) is 7.07. The monoisotopic (exact) mass is 325 g/mol. The van der Waals surface area contributed by atoms with Gasteiger partial charge < -0.3 is 4.90 Å². The van der Waals surface area contributed by atoms with Crippen LogP contribution in [0.2, 0.25) is 5.02 Å². The van der Waals surface area contributed by atoms with Crippen LogP contribution < -0.4 is 0 Å². The minimum atomic E-state index is -0.0475. The lowest BCUT2D eigenvalue weighted by Gasteiger charge is -2.35. The normalized spacial score (nSPS) is 26.1. The van der Waals surface area contributed by atoms with Crippen molar-refractivity contribution >= 4 is 17.5 Å². The van der Waals surface area contributed by atoms with Crippen LogP contribution >= 0.6 is 11.6 Å². The van der Waals surface area contributed by atoms with E-state index in [2.05, 4.69) is 25.1 Å². The van der Waals surface area contributed by atoms with Gasteiger partial charge in [0.25, 0.3) is 0 Å². The Morgan fingerprint density at radius 3 is 2.74 bits per heavy atom. The number of carbonyl (C=O) groups excluding carboxylic acids is 1. The van der Waals surface area contributed by atoms with E-state index in [4.69, 9.17) is 11.6 Å². The van der Waals surface area contributed by atoms with Crippen LogP contribution in [0.4, 0.5) is 0 Å². The summed E-state index contributed by atoms with van der Waals surface area (Å²) in [5, 5.41) is 0.804. The molecule has 118 valence electrons. The summed E-state index contributed by atoms with van der Waals surface area (Å²) in [5.74, 6) is 0.202. The molecule has 1 heterocycles. The molecule has 23 heavy (non-hydrogen) atoms. The second kappa shape index (κ2) is 5.38. The van der Waals surface area contributed by atoms with Crippen molar-refractivity contribution in [1.82, 2.24) is 4.90 Å². The van der Waals surface area contributed by atoms with Gasteiger partial charge in [0.1, 0.15) is 0 Å². The third kappa shape index (κ3) is 2.36. The van der Waals surface area contributed by atoms with E-state index in [0.717, 1.165) is 30.0 Å². The molecule has 2 aromatic carbocycles.